The Kier molecular flexibility index (Phi) is 6.08. The summed E-state index contributed by atoms with van der Waals surface area (Å²) in [5.74, 6) is -1.29. The highest BCUT2D eigenvalue weighted by Gasteiger charge is 2.37. The largest absolute Gasteiger partial charge is 0.376 e. The second-order valence-electron chi connectivity index (χ2n) is 7.34. The first-order chi connectivity index (χ1) is 13.4. The fraction of sp³-hybridized carbons (Fsp3) is 0.500. The molecule has 4 amide bonds. The van der Waals surface area contributed by atoms with Gasteiger partial charge in [0.2, 0.25) is 5.91 Å². The first kappa shape index (κ1) is 20.0. The predicted octanol–water partition coefficient (Wildman–Crippen LogP) is 1.11. The van der Waals surface area contributed by atoms with Crippen molar-refractivity contribution in [3.05, 3.63) is 34.9 Å². The second kappa shape index (κ2) is 8.52. The van der Waals surface area contributed by atoms with Gasteiger partial charge in [0.1, 0.15) is 0 Å². The molecule has 1 aromatic carbocycles. The van der Waals surface area contributed by atoms with E-state index in [-0.39, 0.29) is 54.6 Å². The summed E-state index contributed by atoms with van der Waals surface area (Å²) in [4.78, 5) is 50.3. The van der Waals surface area contributed by atoms with Crippen molar-refractivity contribution in [2.75, 3.05) is 19.7 Å². The van der Waals surface area contributed by atoms with Crippen LogP contribution in [0.2, 0.25) is 0 Å². The third kappa shape index (κ3) is 4.39. The van der Waals surface area contributed by atoms with Crippen molar-refractivity contribution in [2.45, 2.75) is 45.3 Å². The van der Waals surface area contributed by atoms with E-state index in [1.165, 1.54) is 23.1 Å². The Balaban J connectivity index is 1.61. The van der Waals surface area contributed by atoms with E-state index in [1.54, 1.807) is 0 Å². The maximum Gasteiger partial charge on any atom is 0.261 e. The maximum atomic E-state index is 12.6. The minimum atomic E-state index is -0.401. The average molecular weight is 387 g/mol. The van der Waals surface area contributed by atoms with Gasteiger partial charge in [0.15, 0.2) is 0 Å². The lowest BCUT2D eigenvalue weighted by atomic mass is 10.1. The lowest BCUT2D eigenvalue weighted by molar-refractivity contribution is -0.121. The number of carbonyl (C=O) groups is 4. The summed E-state index contributed by atoms with van der Waals surface area (Å²) in [7, 11) is 0. The molecule has 8 nitrogen and oxygen atoms in total. The van der Waals surface area contributed by atoms with E-state index in [1.807, 2.05) is 13.8 Å². The van der Waals surface area contributed by atoms with Gasteiger partial charge in [-0.05, 0) is 44.9 Å². The fourth-order valence-electron chi connectivity index (χ4n) is 3.38. The normalized spacial score (nSPS) is 18.5. The molecule has 0 aliphatic carbocycles. The zero-order valence-electron chi connectivity index (χ0n) is 16.1. The van der Waals surface area contributed by atoms with Gasteiger partial charge in [-0.15, -0.1) is 0 Å². The van der Waals surface area contributed by atoms with Crippen LogP contribution in [0.1, 0.15) is 64.2 Å². The van der Waals surface area contributed by atoms with E-state index in [0.29, 0.717) is 12.2 Å². The zero-order chi connectivity index (χ0) is 20.3. The third-order valence-corrected chi connectivity index (χ3v) is 4.73. The molecule has 0 bridgehead atoms. The van der Waals surface area contributed by atoms with E-state index < -0.39 is 11.8 Å². The number of benzene rings is 1. The van der Waals surface area contributed by atoms with E-state index in [9.17, 15) is 19.2 Å². The van der Waals surface area contributed by atoms with Crippen LogP contribution in [0.15, 0.2) is 18.2 Å². The summed E-state index contributed by atoms with van der Waals surface area (Å²) in [6.45, 7) is 4.79. The summed E-state index contributed by atoms with van der Waals surface area (Å²) < 4.78 is 5.52. The molecule has 1 fully saturated rings. The van der Waals surface area contributed by atoms with Crippen LogP contribution in [-0.2, 0) is 9.53 Å². The first-order valence-electron chi connectivity index (χ1n) is 9.56. The molecule has 2 N–H and O–H groups in total. The zero-order valence-corrected chi connectivity index (χ0v) is 16.1. The Morgan fingerprint density at radius 2 is 1.96 bits per heavy atom. The van der Waals surface area contributed by atoms with Gasteiger partial charge in [-0.25, -0.2) is 0 Å². The molecule has 0 spiro atoms. The van der Waals surface area contributed by atoms with E-state index >= 15 is 0 Å². The quantitative estimate of drug-likeness (QED) is 0.682. The molecule has 0 radical (unpaired) electrons. The van der Waals surface area contributed by atoms with E-state index in [4.69, 9.17) is 4.74 Å². The molecule has 1 atom stereocenters. The van der Waals surface area contributed by atoms with Crippen molar-refractivity contribution in [3.8, 4) is 0 Å². The Morgan fingerprint density at radius 1 is 1.21 bits per heavy atom. The van der Waals surface area contributed by atoms with Gasteiger partial charge in [0, 0.05) is 31.2 Å². The summed E-state index contributed by atoms with van der Waals surface area (Å²) in [5.41, 5.74) is 0.812. The molecule has 2 heterocycles. The highest BCUT2D eigenvalue weighted by atomic mass is 16.5. The van der Waals surface area contributed by atoms with E-state index in [0.717, 1.165) is 12.8 Å². The van der Waals surface area contributed by atoms with Crippen LogP contribution in [0.3, 0.4) is 0 Å². The van der Waals surface area contributed by atoms with Crippen LogP contribution in [0.5, 0.6) is 0 Å². The number of amides is 4. The number of rotatable bonds is 7. The van der Waals surface area contributed by atoms with Crippen LogP contribution in [0.4, 0.5) is 0 Å². The number of fused-ring (bicyclic) bond motifs is 1. The number of imide groups is 1. The van der Waals surface area contributed by atoms with Gasteiger partial charge >= 0.3 is 0 Å². The molecule has 2 aliphatic heterocycles. The molecule has 150 valence electrons. The molecule has 8 heteroatoms. The molecule has 1 saturated heterocycles. The van der Waals surface area contributed by atoms with Crippen LogP contribution in [0, 0.1) is 0 Å². The number of hydrogen-bond acceptors (Lipinski definition) is 5. The van der Waals surface area contributed by atoms with Crippen molar-refractivity contribution in [1.82, 2.24) is 15.5 Å². The van der Waals surface area contributed by atoms with Gasteiger partial charge in [-0.3, -0.25) is 24.1 Å². The van der Waals surface area contributed by atoms with Gasteiger partial charge in [-0.2, -0.15) is 0 Å². The topological polar surface area (TPSA) is 105 Å². The van der Waals surface area contributed by atoms with Crippen LogP contribution >= 0.6 is 0 Å². The number of ether oxygens (including phenoxy) is 1. The molecule has 0 aromatic heterocycles. The number of carbonyl (C=O) groups excluding carboxylic acids is 4. The van der Waals surface area contributed by atoms with E-state index in [2.05, 4.69) is 10.6 Å². The monoisotopic (exact) mass is 387 g/mol. The Labute approximate surface area is 163 Å². The molecule has 1 unspecified atom stereocenters. The second-order valence-corrected chi connectivity index (χ2v) is 7.34. The lowest BCUT2D eigenvalue weighted by Crippen LogP contribution is -2.36. The number of nitrogens with one attached hydrogen (secondary N) is 2. The van der Waals surface area contributed by atoms with Crippen molar-refractivity contribution in [3.63, 3.8) is 0 Å². The first-order valence-corrected chi connectivity index (χ1v) is 9.56. The highest BCUT2D eigenvalue weighted by molar-refractivity contribution is 6.22. The molecule has 28 heavy (non-hydrogen) atoms. The third-order valence-electron chi connectivity index (χ3n) is 4.73. The summed E-state index contributed by atoms with van der Waals surface area (Å²) in [6.07, 6.45) is 1.79. The maximum absolute atomic E-state index is 12.6. The smallest absolute Gasteiger partial charge is 0.261 e. The standard InChI is InChI=1S/C20H25N3O5/c1-12(2)22-17(24)7-8-21-18(25)13-5-6-15-16(10-13)20(27)23(19(15)26)11-14-4-3-9-28-14/h5-6,10,12,14H,3-4,7-9,11H2,1-2H3,(H,21,25)(H,22,24). The Hall–Kier alpha value is -2.74. The van der Waals surface area contributed by atoms with Gasteiger partial charge in [-0.1, -0.05) is 0 Å². The Bertz CT molecular complexity index is 799. The molecule has 3 rings (SSSR count). The molecule has 0 saturated carbocycles. The van der Waals surface area contributed by atoms with Crippen LogP contribution in [-0.4, -0.2) is 60.4 Å². The fourth-order valence-corrected chi connectivity index (χ4v) is 3.38. The predicted molar refractivity (Wildman–Crippen MR) is 101 cm³/mol. The molecule has 1 aromatic rings. The Morgan fingerprint density at radius 3 is 2.64 bits per heavy atom. The lowest BCUT2D eigenvalue weighted by Gasteiger charge is -2.17. The van der Waals surface area contributed by atoms with Crippen molar-refractivity contribution in [1.29, 1.82) is 0 Å². The molecular weight excluding hydrogens is 362 g/mol. The summed E-state index contributed by atoms with van der Waals surface area (Å²) >= 11 is 0. The van der Waals surface area contributed by atoms with Crippen molar-refractivity contribution in [2.24, 2.45) is 0 Å². The van der Waals surface area contributed by atoms with Crippen molar-refractivity contribution < 1.29 is 23.9 Å². The summed E-state index contributed by atoms with van der Waals surface area (Å²) in [5, 5.41) is 5.41. The van der Waals surface area contributed by atoms with Crippen LogP contribution in [0.25, 0.3) is 0 Å². The molecular formula is C20H25N3O5. The minimum absolute atomic E-state index is 0.0426. The number of nitrogens with zero attached hydrogens (tertiary/aromatic N) is 1. The van der Waals surface area contributed by atoms with Gasteiger partial charge < -0.3 is 15.4 Å². The SMILES string of the molecule is CC(C)NC(=O)CCNC(=O)c1ccc2c(c1)C(=O)N(CC1CCCO1)C2=O. The number of hydrogen-bond donors (Lipinski definition) is 2. The highest BCUT2D eigenvalue weighted by Crippen LogP contribution is 2.26. The van der Waals surface area contributed by atoms with Crippen molar-refractivity contribution >= 4 is 23.6 Å². The minimum Gasteiger partial charge on any atom is -0.376 e. The summed E-state index contributed by atoms with van der Waals surface area (Å²) in [6, 6.07) is 4.50. The molecule has 2 aliphatic rings. The van der Waals surface area contributed by atoms with Gasteiger partial charge in [0.25, 0.3) is 17.7 Å². The van der Waals surface area contributed by atoms with Crippen LogP contribution < -0.4 is 10.6 Å². The van der Waals surface area contributed by atoms with Gasteiger partial charge in [0.05, 0.1) is 23.8 Å². The average Bonchev–Trinajstić information content (AvgIpc) is 3.24.